The van der Waals surface area contributed by atoms with Crippen LogP contribution in [0, 0.1) is 0 Å². The van der Waals surface area contributed by atoms with Gasteiger partial charge in [0, 0.05) is 68.1 Å². The molecule has 0 N–H and O–H groups in total. The third kappa shape index (κ3) is 3.44. The summed E-state index contributed by atoms with van der Waals surface area (Å²) in [6, 6.07) is 49.6. The van der Waals surface area contributed by atoms with Crippen molar-refractivity contribution >= 4 is 118 Å². The minimum atomic E-state index is 0.652. The SMILES string of the molecule is c1ccc2c(c1)oc1c(-c3nc(-n4c5ccccc5c5c6c7ccccc7sc6c6ccccc6c54)nc4c3sc3ccccc34)cccc12. The van der Waals surface area contributed by atoms with Gasteiger partial charge in [0.25, 0.3) is 0 Å². The zero-order chi connectivity index (χ0) is 32.5. The minimum Gasteiger partial charge on any atom is -0.455 e. The first-order chi connectivity index (χ1) is 24.8. The highest BCUT2D eigenvalue weighted by molar-refractivity contribution is 7.27. The number of aromatic nitrogens is 3. The molecule has 0 aliphatic carbocycles. The van der Waals surface area contributed by atoms with Gasteiger partial charge in [0.05, 0.1) is 26.9 Å². The Hall–Kier alpha value is -6.08. The van der Waals surface area contributed by atoms with Crippen molar-refractivity contribution in [2.24, 2.45) is 0 Å². The number of benzene rings is 7. The fourth-order valence-corrected chi connectivity index (χ4v) is 10.5. The monoisotopic (exact) mass is 673 g/mol. The van der Waals surface area contributed by atoms with Crippen LogP contribution < -0.4 is 0 Å². The highest BCUT2D eigenvalue weighted by atomic mass is 32.1. The molecule has 12 aromatic rings. The fourth-order valence-electron chi connectivity index (χ4n) is 8.12. The van der Waals surface area contributed by atoms with E-state index in [0.717, 1.165) is 59.8 Å². The number of hydrogen-bond donors (Lipinski definition) is 0. The fraction of sp³-hybridized carbons (Fsp3) is 0. The van der Waals surface area contributed by atoms with Crippen molar-refractivity contribution in [3.63, 3.8) is 0 Å². The van der Waals surface area contributed by atoms with E-state index in [2.05, 4.69) is 132 Å². The molecule has 12 rings (SSSR count). The van der Waals surface area contributed by atoms with E-state index in [4.69, 9.17) is 14.4 Å². The van der Waals surface area contributed by atoms with Gasteiger partial charge in [-0.15, -0.1) is 22.7 Å². The summed E-state index contributed by atoms with van der Waals surface area (Å²) in [6.45, 7) is 0. The third-order valence-corrected chi connectivity index (χ3v) is 12.6. The van der Waals surface area contributed by atoms with Crippen molar-refractivity contribution in [1.82, 2.24) is 14.5 Å². The van der Waals surface area contributed by atoms with E-state index in [0.29, 0.717) is 5.95 Å². The zero-order valence-electron chi connectivity index (χ0n) is 26.3. The van der Waals surface area contributed by atoms with Crippen LogP contribution in [0.4, 0.5) is 0 Å². The molecule has 232 valence electrons. The Bertz CT molecular complexity index is 3400. The van der Waals surface area contributed by atoms with Gasteiger partial charge in [-0.1, -0.05) is 109 Å². The molecule has 0 atom stereocenters. The summed E-state index contributed by atoms with van der Waals surface area (Å²) >= 11 is 3.62. The summed E-state index contributed by atoms with van der Waals surface area (Å²) < 4.78 is 13.8. The van der Waals surface area contributed by atoms with Crippen LogP contribution in [-0.4, -0.2) is 14.5 Å². The Morgan fingerprint density at radius 2 is 1.12 bits per heavy atom. The second kappa shape index (κ2) is 9.76. The van der Waals surface area contributed by atoms with Crippen LogP contribution in [-0.2, 0) is 0 Å². The summed E-state index contributed by atoms with van der Waals surface area (Å²) in [5.74, 6) is 0.652. The van der Waals surface area contributed by atoms with Crippen LogP contribution in [0.15, 0.2) is 144 Å². The number of fused-ring (bicyclic) bond motifs is 16. The van der Waals surface area contributed by atoms with Gasteiger partial charge in [-0.05, 0) is 30.3 Å². The number of rotatable bonds is 2. The highest BCUT2D eigenvalue weighted by Crippen LogP contribution is 2.49. The second-order valence-corrected chi connectivity index (χ2v) is 15.0. The summed E-state index contributed by atoms with van der Waals surface area (Å²) in [7, 11) is 0. The normalized spacial score (nSPS) is 12.4. The molecule has 0 fully saturated rings. The zero-order valence-corrected chi connectivity index (χ0v) is 28.0. The molecule has 6 heteroatoms. The number of hydrogen-bond acceptors (Lipinski definition) is 5. The first-order valence-corrected chi connectivity index (χ1v) is 18.3. The largest absolute Gasteiger partial charge is 0.455 e. The molecule has 0 radical (unpaired) electrons. The first kappa shape index (κ1) is 26.8. The van der Waals surface area contributed by atoms with Gasteiger partial charge in [-0.25, -0.2) is 9.97 Å². The van der Waals surface area contributed by atoms with Crippen molar-refractivity contribution in [2.45, 2.75) is 0 Å². The molecule has 0 aliphatic rings. The highest BCUT2D eigenvalue weighted by Gasteiger charge is 2.25. The van der Waals surface area contributed by atoms with Gasteiger partial charge in [0.1, 0.15) is 11.2 Å². The summed E-state index contributed by atoms with van der Waals surface area (Å²) in [6.07, 6.45) is 0. The lowest BCUT2D eigenvalue weighted by atomic mass is 10.00. The lowest BCUT2D eigenvalue weighted by Crippen LogP contribution is -2.03. The molecular formula is C44H23N3OS2. The lowest BCUT2D eigenvalue weighted by molar-refractivity contribution is 0.670. The Balaban J connectivity index is 1.30. The molecule has 0 amide bonds. The number of para-hydroxylation sites is 3. The van der Waals surface area contributed by atoms with Crippen molar-refractivity contribution < 1.29 is 4.42 Å². The number of furan rings is 1. The van der Waals surface area contributed by atoms with Crippen molar-refractivity contribution in [2.75, 3.05) is 0 Å². The summed E-state index contributed by atoms with van der Waals surface area (Å²) in [5.41, 5.74) is 6.74. The van der Waals surface area contributed by atoms with E-state index < -0.39 is 0 Å². The molecule has 0 saturated heterocycles. The van der Waals surface area contributed by atoms with E-state index in [9.17, 15) is 0 Å². The van der Waals surface area contributed by atoms with E-state index in [-0.39, 0.29) is 0 Å². The van der Waals surface area contributed by atoms with Crippen molar-refractivity contribution in [3.05, 3.63) is 140 Å². The molecule has 0 bridgehead atoms. The van der Waals surface area contributed by atoms with Gasteiger partial charge in [0.2, 0.25) is 5.95 Å². The molecule has 7 aromatic carbocycles. The summed E-state index contributed by atoms with van der Waals surface area (Å²) in [5, 5.41) is 10.8. The smallest absolute Gasteiger partial charge is 0.235 e. The van der Waals surface area contributed by atoms with Crippen LogP contribution in [0.2, 0.25) is 0 Å². The molecule has 5 aromatic heterocycles. The predicted octanol–water partition coefficient (Wildman–Crippen LogP) is 13.0. The molecule has 0 spiro atoms. The topological polar surface area (TPSA) is 43.9 Å². The average molecular weight is 674 g/mol. The quantitative estimate of drug-likeness (QED) is 0.183. The second-order valence-electron chi connectivity index (χ2n) is 12.9. The summed E-state index contributed by atoms with van der Waals surface area (Å²) in [4.78, 5) is 11.1. The Morgan fingerprint density at radius 1 is 0.480 bits per heavy atom. The first-order valence-electron chi connectivity index (χ1n) is 16.7. The Kier molecular flexibility index (Phi) is 5.23. The van der Waals surface area contributed by atoms with Gasteiger partial charge in [-0.3, -0.25) is 4.57 Å². The van der Waals surface area contributed by atoms with E-state index in [1.165, 1.54) is 46.4 Å². The van der Waals surface area contributed by atoms with Gasteiger partial charge < -0.3 is 4.42 Å². The maximum Gasteiger partial charge on any atom is 0.235 e. The van der Waals surface area contributed by atoms with E-state index >= 15 is 0 Å². The maximum absolute atomic E-state index is 6.61. The third-order valence-electron chi connectivity index (χ3n) is 10.2. The molecule has 50 heavy (non-hydrogen) atoms. The standard InChI is InChI=1S/C44H23N3OS2/c1-2-14-27-25(13-1)40-36(37-29-16-5-9-22-34(29)49-42(27)37)28-15-3-7-20-32(28)47(40)44-45-38-30-17-6-10-23-35(30)50-43(38)39(46-44)31-19-11-18-26-24-12-4-8-21-33(24)48-41(26)31/h1-23H. The minimum absolute atomic E-state index is 0.652. The molecule has 4 nitrogen and oxygen atoms in total. The van der Waals surface area contributed by atoms with Crippen LogP contribution in [0.1, 0.15) is 0 Å². The van der Waals surface area contributed by atoms with Crippen LogP contribution in [0.25, 0.3) is 112 Å². The van der Waals surface area contributed by atoms with E-state index in [1.807, 2.05) is 23.5 Å². The number of nitrogens with zero attached hydrogens (tertiary/aromatic N) is 3. The van der Waals surface area contributed by atoms with Crippen LogP contribution >= 0.6 is 22.7 Å². The van der Waals surface area contributed by atoms with Crippen molar-refractivity contribution in [3.8, 4) is 17.2 Å². The van der Waals surface area contributed by atoms with Crippen molar-refractivity contribution in [1.29, 1.82) is 0 Å². The lowest BCUT2D eigenvalue weighted by Gasteiger charge is -2.12. The van der Waals surface area contributed by atoms with E-state index in [1.54, 1.807) is 11.3 Å². The van der Waals surface area contributed by atoms with Crippen LogP contribution in [0.5, 0.6) is 0 Å². The van der Waals surface area contributed by atoms with Gasteiger partial charge >= 0.3 is 0 Å². The molecule has 0 aliphatic heterocycles. The average Bonchev–Trinajstić information content (AvgIpc) is 3.93. The number of thiophene rings is 2. The predicted molar refractivity (Wildman–Crippen MR) is 212 cm³/mol. The Labute approximate surface area is 292 Å². The Morgan fingerprint density at radius 3 is 1.98 bits per heavy atom. The molecule has 5 heterocycles. The van der Waals surface area contributed by atoms with Crippen LogP contribution in [0.3, 0.4) is 0 Å². The van der Waals surface area contributed by atoms with Gasteiger partial charge in [-0.2, -0.15) is 0 Å². The molecule has 0 unspecified atom stereocenters. The maximum atomic E-state index is 6.61. The molecular weight excluding hydrogens is 651 g/mol. The molecule has 0 saturated carbocycles. The van der Waals surface area contributed by atoms with Gasteiger partial charge in [0.15, 0.2) is 0 Å².